The molecule has 0 spiro atoms. The van der Waals surface area contributed by atoms with Crippen molar-refractivity contribution >= 4 is 22.6 Å². The maximum absolute atomic E-state index is 3.23. The second-order valence-electron chi connectivity index (χ2n) is 1.33. The zero-order chi connectivity index (χ0) is 5.91. The molecule has 0 amide bonds. The standard InChI is InChI=1S/C4H10I2N/c1-4(5,6-2)7-3/h7H,1-3H3/q-1. The number of rotatable bonds is 2. The van der Waals surface area contributed by atoms with Crippen LogP contribution in [0.25, 0.3) is 0 Å². The molecule has 0 rings (SSSR count). The van der Waals surface area contributed by atoms with Crippen LogP contribution in [-0.4, -0.2) is 13.5 Å². The van der Waals surface area contributed by atoms with Gasteiger partial charge in [0, 0.05) is 0 Å². The van der Waals surface area contributed by atoms with Crippen LogP contribution in [0.4, 0.5) is 0 Å². The van der Waals surface area contributed by atoms with Gasteiger partial charge in [-0.3, -0.25) is 0 Å². The Kier molecular flexibility index (Phi) is 4.15. The molecular formula is C4H10I2N-. The van der Waals surface area contributed by atoms with Gasteiger partial charge in [0.1, 0.15) is 0 Å². The van der Waals surface area contributed by atoms with Crippen molar-refractivity contribution in [2.24, 2.45) is 0 Å². The van der Waals surface area contributed by atoms with Crippen molar-refractivity contribution in [3.05, 3.63) is 0 Å². The van der Waals surface area contributed by atoms with Crippen molar-refractivity contribution in [3.8, 4) is 0 Å². The molecule has 0 aliphatic heterocycles. The van der Waals surface area contributed by atoms with E-state index < -0.39 is 0 Å². The Labute approximate surface area is 69.0 Å². The number of hydrogen-bond donors (Lipinski definition) is 1. The first-order chi connectivity index (χ1) is 3.12. The molecule has 0 aromatic carbocycles. The zero-order valence-electron chi connectivity index (χ0n) is 4.76. The fraction of sp³-hybridized carbons (Fsp3) is 1.00. The third-order valence-corrected chi connectivity index (χ3v) is 6.63. The predicted molar refractivity (Wildman–Crippen MR) is 37.4 cm³/mol. The summed E-state index contributed by atoms with van der Waals surface area (Å²) in [7, 11) is 2.01. The molecule has 3 heteroatoms. The summed E-state index contributed by atoms with van der Waals surface area (Å²) >= 11 is 2.78. The van der Waals surface area contributed by atoms with Gasteiger partial charge in [-0.05, 0) is 0 Å². The van der Waals surface area contributed by atoms with Crippen LogP contribution in [0.15, 0.2) is 0 Å². The molecule has 1 unspecified atom stereocenters. The Balaban J connectivity index is 3.36. The van der Waals surface area contributed by atoms with E-state index in [0.29, 0.717) is 22.8 Å². The van der Waals surface area contributed by atoms with Crippen molar-refractivity contribution in [2.75, 3.05) is 12.0 Å². The minimum absolute atomic E-state index is 0.337. The molecule has 1 atom stereocenters. The maximum atomic E-state index is 3.23. The van der Waals surface area contributed by atoms with E-state index in [1.807, 2.05) is 7.05 Å². The summed E-state index contributed by atoms with van der Waals surface area (Å²) < 4.78 is 0.413. The quantitative estimate of drug-likeness (QED) is 0.353. The molecule has 0 aliphatic rings. The van der Waals surface area contributed by atoms with Gasteiger partial charge in [0.2, 0.25) is 0 Å². The molecule has 0 fully saturated rings. The van der Waals surface area contributed by atoms with E-state index in [1.54, 1.807) is 0 Å². The Bertz CT molecular complexity index is 47.7. The van der Waals surface area contributed by atoms with Gasteiger partial charge in [0.25, 0.3) is 0 Å². The monoisotopic (exact) mass is 326 g/mol. The summed E-state index contributed by atoms with van der Waals surface area (Å²) in [6, 6.07) is 0. The number of nitrogens with one attached hydrogen (secondary N) is 1. The van der Waals surface area contributed by atoms with E-state index in [0.717, 1.165) is 0 Å². The molecule has 46 valence electrons. The molecule has 0 heterocycles. The summed E-state index contributed by atoms with van der Waals surface area (Å²) in [4.78, 5) is 2.28. The fourth-order valence-electron chi connectivity index (χ4n) is 0.0945. The van der Waals surface area contributed by atoms with Crippen LogP contribution in [-0.2, 0) is 0 Å². The second kappa shape index (κ2) is 3.45. The van der Waals surface area contributed by atoms with Crippen LogP contribution in [0.2, 0.25) is 0 Å². The van der Waals surface area contributed by atoms with Gasteiger partial charge in [0.15, 0.2) is 0 Å². The first-order valence-corrected chi connectivity index (χ1v) is 6.32. The predicted octanol–water partition coefficient (Wildman–Crippen LogP) is -1.97. The van der Waals surface area contributed by atoms with Crippen molar-refractivity contribution < 1.29 is 21.2 Å². The third kappa shape index (κ3) is 3.96. The number of hydrogen-bond acceptors (Lipinski definition) is 1. The van der Waals surface area contributed by atoms with E-state index in [1.165, 1.54) is 0 Å². The molecule has 0 aliphatic carbocycles. The number of halogens is 2. The first-order valence-electron chi connectivity index (χ1n) is 2.01. The average Bonchev–Trinajstić information content (AvgIpc) is 1.68. The van der Waals surface area contributed by atoms with Gasteiger partial charge < -0.3 is 0 Å². The minimum atomic E-state index is 0.337. The molecule has 0 saturated carbocycles. The van der Waals surface area contributed by atoms with Gasteiger partial charge in [0.05, 0.1) is 0 Å². The Morgan fingerprint density at radius 3 is 2.14 bits per heavy atom. The summed E-state index contributed by atoms with van der Waals surface area (Å²) in [5.41, 5.74) is 0. The Morgan fingerprint density at radius 1 is 1.71 bits per heavy atom. The van der Waals surface area contributed by atoms with Crippen molar-refractivity contribution in [3.63, 3.8) is 0 Å². The molecule has 1 nitrogen and oxygen atoms in total. The van der Waals surface area contributed by atoms with Crippen molar-refractivity contribution in [2.45, 2.75) is 8.48 Å². The Hall–Kier alpha value is 1.42. The van der Waals surface area contributed by atoms with E-state index in [2.05, 4.69) is 39.8 Å². The van der Waals surface area contributed by atoms with E-state index in [4.69, 9.17) is 0 Å². The zero-order valence-corrected chi connectivity index (χ0v) is 9.07. The Morgan fingerprint density at radius 2 is 2.14 bits per heavy atom. The summed E-state index contributed by atoms with van der Waals surface area (Å²) in [6.45, 7) is 2.22. The van der Waals surface area contributed by atoms with E-state index >= 15 is 0 Å². The van der Waals surface area contributed by atoms with Crippen LogP contribution in [0.1, 0.15) is 6.92 Å². The van der Waals surface area contributed by atoms with Gasteiger partial charge >= 0.3 is 69.6 Å². The molecule has 0 aromatic rings. The van der Waals surface area contributed by atoms with Gasteiger partial charge in [-0.1, -0.05) is 0 Å². The molecule has 0 saturated heterocycles. The molecule has 1 N–H and O–H groups in total. The summed E-state index contributed by atoms with van der Waals surface area (Å²) in [5.74, 6) is 0. The first kappa shape index (κ1) is 8.42. The van der Waals surface area contributed by atoms with Crippen LogP contribution >= 0.6 is 22.6 Å². The average molecular weight is 326 g/mol. The van der Waals surface area contributed by atoms with Gasteiger partial charge in [-0.25, -0.2) is 0 Å². The van der Waals surface area contributed by atoms with Crippen LogP contribution < -0.4 is 26.5 Å². The van der Waals surface area contributed by atoms with Crippen molar-refractivity contribution in [1.29, 1.82) is 0 Å². The topological polar surface area (TPSA) is 12.0 Å². The van der Waals surface area contributed by atoms with Crippen LogP contribution in [0, 0.1) is 0 Å². The summed E-state index contributed by atoms with van der Waals surface area (Å²) in [6.07, 6.45) is 0. The molecule has 0 bridgehead atoms. The fourth-order valence-corrected chi connectivity index (χ4v) is 0.634. The molecule has 0 radical (unpaired) electrons. The SMILES string of the molecule is CNC(C)(I)[I-]C. The normalized spacial score (nSPS) is 19.4. The van der Waals surface area contributed by atoms with E-state index in [9.17, 15) is 0 Å². The van der Waals surface area contributed by atoms with Crippen LogP contribution in [0.3, 0.4) is 0 Å². The van der Waals surface area contributed by atoms with Gasteiger partial charge in [-0.2, -0.15) is 0 Å². The van der Waals surface area contributed by atoms with Crippen LogP contribution in [0.5, 0.6) is 0 Å². The molecule has 0 aromatic heterocycles. The van der Waals surface area contributed by atoms with Crippen molar-refractivity contribution in [1.82, 2.24) is 5.32 Å². The molecule has 7 heavy (non-hydrogen) atoms. The van der Waals surface area contributed by atoms with Gasteiger partial charge in [-0.15, -0.1) is 0 Å². The molecular weight excluding hydrogens is 316 g/mol. The van der Waals surface area contributed by atoms with E-state index in [-0.39, 0.29) is 0 Å². The summed E-state index contributed by atoms with van der Waals surface area (Å²) in [5, 5.41) is 3.23. The third-order valence-electron chi connectivity index (χ3n) is 0.794. The second-order valence-corrected chi connectivity index (χ2v) is 8.79. The number of alkyl halides is 3.